The van der Waals surface area contributed by atoms with Crippen LogP contribution in [0.3, 0.4) is 0 Å². The topological polar surface area (TPSA) is 103 Å². The van der Waals surface area contributed by atoms with Crippen LogP contribution in [-0.2, 0) is 0 Å². The van der Waals surface area contributed by atoms with Crippen LogP contribution in [0.15, 0.2) is 41.5 Å². The Morgan fingerprint density at radius 2 is 2.13 bits per heavy atom. The number of rotatable bonds is 8. The summed E-state index contributed by atoms with van der Waals surface area (Å²) in [6.07, 6.45) is 2.24. The number of carbonyl (C=O) groups excluding carboxylic acids is 1. The van der Waals surface area contributed by atoms with Crippen LogP contribution in [0.4, 0.5) is 5.69 Å². The molecule has 0 radical (unpaired) electrons. The molecule has 31 heavy (non-hydrogen) atoms. The van der Waals surface area contributed by atoms with Crippen molar-refractivity contribution in [3.05, 3.63) is 62.0 Å². The first-order valence-electron chi connectivity index (χ1n) is 9.38. The summed E-state index contributed by atoms with van der Waals surface area (Å²) in [5.41, 5.74) is 3.04. The van der Waals surface area contributed by atoms with Gasteiger partial charge in [0.25, 0.3) is 11.6 Å². The van der Waals surface area contributed by atoms with Crippen LogP contribution >= 0.6 is 22.9 Å². The van der Waals surface area contributed by atoms with E-state index in [1.54, 1.807) is 24.3 Å². The van der Waals surface area contributed by atoms with Gasteiger partial charge in [0.2, 0.25) is 0 Å². The summed E-state index contributed by atoms with van der Waals surface area (Å²) in [4.78, 5) is 23.2. The molecule has 1 aromatic heterocycles. The van der Waals surface area contributed by atoms with Crippen LogP contribution in [-0.4, -0.2) is 30.3 Å². The second-order valence-corrected chi connectivity index (χ2v) is 8.15. The largest absolute Gasteiger partial charge is 0.493 e. The third kappa shape index (κ3) is 5.31. The number of fused-ring (bicyclic) bond motifs is 1. The maximum absolute atomic E-state index is 12.4. The fraction of sp³-hybridized carbons (Fsp3) is 0.238. The fourth-order valence-electron chi connectivity index (χ4n) is 2.69. The number of non-ortho nitro benzene ring substituents is 1. The zero-order valence-electron chi connectivity index (χ0n) is 17.0. The Morgan fingerprint density at radius 3 is 2.81 bits per heavy atom. The van der Waals surface area contributed by atoms with Gasteiger partial charge in [-0.3, -0.25) is 14.9 Å². The molecule has 3 aromatic rings. The van der Waals surface area contributed by atoms with E-state index >= 15 is 0 Å². The molecule has 8 nitrogen and oxygen atoms in total. The Morgan fingerprint density at radius 1 is 1.35 bits per heavy atom. The van der Waals surface area contributed by atoms with Crippen LogP contribution in [0, 0.1) is 10.1 Å². The van der Waals surface area contributed by atoms with Crippen molar-refractivity contribution in [2.24, 2.45) is 5.10 Å². The summed E-state index contributed by atoms with van der Waals surface area (Å²) < 4.78 is 11.9. The van der Waals surface area contributed by atoms with E-state index in [0.717, 1.165) is 11.1 Å². The minimum Gasteiger partial charge on any atom is -0.493 e. The molecule has 1 unspecified atom stereocenters. The van der Waals surface area contributed by atoms with Crippen molar-refractivity contribution in [2.75, 3.05) is 7.11 Å². The number of hydrazone groups is 1. The summed E-state index contributed by atoms with van der Waals surface area (Å²) in [5.74, 6) is 0.501. The average molecular weight is 462 g/mol. The molecule has 1 atom stereocenters. The highest BCUT2D eigenvalue weighted by atomic mass is 35.5. The van der Waals surface area contributed by atoms with Gasteiger partial charge in [0.05, 0.1) is 34.3 Å². The van der Waals surface area contributed by atoms with E-state index in [1.165, 1.54) is 36.8 Å². The van der Waals surface area contributed by atoms with E-state index in [-0.39, 0.29) is 11.8 Å². The molecule has 0 aliphatic carbocycles. The van der Waals surface area contributed by atoms with Crippen molar-refractivity contribution < 1.29 is 19.2 Å². The van der Waals surface area contributed by atoms with Crippen molar-refractivity contribution in [3.8, 4) is 11.5 Å². The smallest absolute Gasteiger partial charge is 0.281 e. The van der Waals surface area contributed by atoms with Crippen LogP contribution in [0.2, 0.25) is 5.02 Å². The lowest BCUT2D eigenvalue weighted by molar-refractivity contribution is -0.384. The SMILES string of the molecule is CCC(C)Oc1c(Cl)cc(C=NNC(=O)c2cc3cc([N+](=O)[O-])ccc3s2)cc1OC. The molecule has 0 aliphatic rings. The minimum absolute atomic E-state index is 0.0204. The Hall–Kier alpha value is -3.17. The molecule has 2 aromatic carbocycles. The van der Waals surface area contributed by atoms with Gasteiger partial charge in [0, 0.05) is 22.2 Å². The van der Waals surface area contributed by atoms with Crippen LogP contribution < -0.4 is 14.9 Å². The third-order valence-electron chi connectivity index (χ3n) is 4.46. The number of hydrogen-bond donors (Lipinski definition) is 1. The van der Waals surface area contributed by atoms with Gasteiger partial charge in [-0.1, -0.05) is 18.5 Å². The van der Waals surface area contributed by atoms with Gasteiger partial charge >= 0.3 is 0 Å². The van der Waals surface area contributed by atoms with Gasteiger partial charge in [-0.05, 0) is 43.2 Å². The molecular formula is C21H20ClN3O5S. The molecule has 3 rings (SSSR count). The monoisotopic (exact) mass is 461 g/mol. The highest BCUT2D eigenvalue weighted by molar-refractivity contribution is 7.20. The number of ether oxygens (including phenoxy) is 2. The standard InChI is InChI=1S/C21H20ClN3O5S/c1-4-12(2)30-20-16(22)7-13(8-17(20)29-3)11-23-24-21(26)19-10-14-9-15(25(27)28)5-6-18(14)31-19/h5-12H,4H2,1-3H3,(H,24,26). The van der Waals surface area contributed by atoms with E-state index in [9.17, 15) is 14.9 Å². The summed E-state index contributed by atoms with van der Waals surface area (Å²) >= 11 is 7.56. The maximum atomic E-state index is 12.4. The average Bonchev–Trinajstić information content (AvgIpc) is 3.18. The number of carbonyl (C=O) groups is 1. The van der Waals surface area contributed by atoms with E-state index in [0.29, 0.717) is 32.3 Å². The number of amides is 1. The number of thiophene rings is 1. The van der Waals surface area contributed by atoms with E-state index in [2.05, 4.69) is 10.5 Å². The number of nitro benzene ring substituents is 1. The molecule has 1 amide bonds. The summed E-state index contributed by atoms with van der Waals surface area (Å²) in [6.45, 7) is 3.94. The van der Waals surface area contributed by atoms with Crippen molar-refractivity contribution >= 4 is 50.8 Å². The van der Waals surface area contributed by atoms with E-state index in [4.69, 9.17) is 21.1 Å². The lowest BCUT2D eigenvalue weighted by atomic mass is 10.2. The van der Waals surface area contributed by atoms with Gasteiger partial charge in [0.1, 0.15) is 0 Å². The molecule has 1 N–H and O–H groups in total. The second-order valence-electron chi connectivity index (χ2n) is 6.66. The van der Waals surface area contributed by atoms with Gasteiger partial charge < -0.3 is 9.47 Å². The molecule has 0 spiro atoms. The Labute approximate surface area is 187 Å². The molecule has 1 heterocycles. The van der Waals surface area contributed by atoms with Crippen molar-refractivity contribution in [3.63, 3.8) is 0 Å². The number of nitrogens with one attached hydrogen (secondary N) is 1. The first kappa shape index (κ1) is 22.5. The quantitative estimate of drug-likeness (QED) is 0.274. The highest BCUT2D eigenvalue weighted by Gasteiger charge is 2.15. The molecule has 0 fully saturated rings. The number of halogens is 1. The Bertz CT molecular complexity index is 1160. The first-order valence-corrected chi connectivity index (χ1v) is 10.6. The number of nitro groups is 1. The summed E-state index contributed by atoms with van der Waals surface area (Å²) in [7, 11) is 1.52. The van der Waals surface area contributed by atoms with E-state index in [1.807, 2.05) is 13.8 Å². The zero-order valence-corrected chi connectivity index (χ0v) is 18.6. The van der Waals surface area contributed by atoms with Gasteiger partial charge in [-0.15, -0.1) is 11.3 Å². The lowest BCUT2D eigenvalue weighted by Gasteiger charge is -2.17. The normalized spacial score (nSPS) is 12.1. The van der Waals surface area contributed by atoms with Crippen LogP contribution in [0.1, 0.15) is 35.5 Å². The van der Waals surface area contributed by atoms with Gasteiger partial charge in [0.15, 0.2) is 11.5 Å². The van der Waals surface area contributed by atoms with Crippen molar-refractivity contribution in [1.29, 1.82) is 0 Å². The van der Waals surface area contributed by atoms with Crippen LogP contribution in [0.5, 0.6) is 11.5 Å². The zero-order chi connectivity index (χ0) is 22.5. The number of methoxy groups -OCH3 is 1. The Balaban J connectivity index is 1.74. The maximum Gasteiger partial charge on any atom is 0.281 e. The summed E-state index contributed by atoms with van der Waals surface area (Å²) in [6, 6.07) is 9.43. The predicted molar refractivity (Wildman–Crippen MR) is 122 cm³/mol. The predicted octanol–water partition coefficient (Wildman–Crippen LogP) is 5.41. The lowest BCUT2D eigenvalue weighted by Crippen LogP contribution is -2.16. The number of hydrogen-bond acceptors (Lipinski definition) is 7. The highest BCUT2D eigenvalue weighted by Crippen LogP contribution is 2.37. The van der Waals surface area contributed by atoms with Gasteiger partial charge in [-0.25, -0.2) is 5.43 Å². The number of nitrogens with zero attached hydrogens (tertiary/aromatic N) is 2. The first-order chi connectivity index (χ1) is 14.8. The van der Waals surface area contributed by atoms with Crippen LogP contribution in [0.25, 0.3) is 10.1 Å². The molecule has 162 valence electrons. The molecule has 0 saturated carbocycles. The second kappa shape index (κ2) is 9.76. The van der Waals surface area contributed by atoms with E-state index < -0.39 is 10.8 Å². The molecule has 0 saturated heterocycles. The molecule has 0 bridgehead atoms. The Kier molecular flexibility index (Phi) is 7.09. The van der Waals surface area contributed by atoms with Gasteiger partial charge in [-0.2, -0.15) is 5.10 Å². The van der Waals surface area contributed by atoms with Crippen molar-refractivity contribution in [2.45, 2.75) is 26.4 Å². The molecular weight excluding hydrogens is 442 g/mol. The molecule has 0 aliphatic heterocycles. The molecule has 10 heteroatoms. The van der Waals surface area contributed by atoms with Crippen molar-refractivity contribution in [1.82, 2.24) is 5.43 Å². The fourth-order valence-corrected chi connectivity index (χ4v) is 3.89. The third-order valence-corrected chi connectivity index (χ3v) is 5.86. The summed E-state index contributed by atoms with van der Waals surface area (Å²) in [5, 5.41) is 15.9. The minimum atomic E-state index is -0.472. The number of benzene rings is 2.